The second-order valence-corrected chi connectivity index (χ2v) is 4.18. The predicted molar refractivity (Wildman–Crippen MR) is 53.9 cm³/mol. The van der Waals surface area contributed by atoms with E-state index < -0.39 is 5.97 Å². The van der Waals surface area contributed by atoms with Gasteiger partial charge in [0.2, 0.25) is 5.91 Å². The number of esters is 1. The van der Waals surface area contributed by atoms with Crippen molar-refractivity contribution in [3.63, 3.8) is 0 Å². The van der Waals surface area contributed by atoms with Crippen LogP contribution in [-0.4, -0.2) is 25.5 Å². The summed E-state index contributed by atoms with van der Waals surface area (Å²) < 4.78 is 4.46. The molecule has 2 aliphatic rings. The van der Waals surface area contributed by atoms with Crippen molar-refractivity contribution in [1.29, 1.82) is 0 Å². The molecule has 2 aliphatic carbocycles. The van der Waals surface area contributed by atoms with Crippen LogP contribution < -0.4 is 5.32 Å². The van der Waals surface area contributed by atoms with Crippen molar-refractivity contribution in [2.45, 2.75) is 12.8 Å². The highest BCUT2D eigenvalue weighted by molar-refractivity contribution is 5.84. The monoisotopic (exact) mass is 209 g/mol. The van der Waals surface area contributed by atoms with Gasteiger partial charge in [0, 0.05) is 5.92 Å². The minimum atomic E-state index is -0.401. The first-order valence-electron chi connectivity index (χ1n) is 5.23. The van der Waals surface area contributed by atoms with Crippen LogP contribution in [0.15, 0.2) is 12.2 Å². The number of carbonyl (C=O) groups excluding carboxylic acids is 2. The van der Waals surface area contributed by atoms with Gasteiger partial charge in [0.05, 0.1) is 7.11 Å². The molecule has 1 fully saturated rings. The number of methoxy groups -OCH3 is 1. The van der Waals surface area contributed by atoms with Gasteiger partial charge < -0.3 is 10.1 Å². The van der Waals surface area contributed by atoms with Crippen LogP contribution in [0.2, 0.25) is 0 Å². The van der Waals surface area contributed by atoms with Gasteiger partial charge in [0.1, 0.15) is 6.54 Å². The van der Waals surface area contributed by atoms with Crippen molar-refractivity contribution in [2.24, 2.45) is 17.8 Å². The normalized spacial score (nSPS) is 31.7. The summed E-state index contributed by atoms with van der Waals surface area (Å²) in [5, 5.41) is 2.61. The molecule has 0 aromatic rings. The maximum atomic E-state index is 11.7. The Bertz CT molecular complexity index is 311. The van der Waals surface area contributed by atoms with Crippen LogP contribution in [0.1, 0.15) is 12.8 Å². The molecule has 0 unspecified atom stereocenters. The average molecular weight is 209 g/mol. The summed E-state index contributed by atoms with van der Waals surface area (Å²) in [6.07, 6.45) is 6.33. The first kappa shape index (κ1) is 10.2. The Morgan fingerprint density at radius 3 is 2.73 bits per heavy atom. The van der Waals surface area contributed by atoms with Gasteiger partial charge in [0.15, 0.2) is 0 Å². The zero-order valence-electron chi connectivity index (χ0n) is 8.73. The van der Waals surface area contributed by atoms with E-state index in [0.29, 0.717) is 11.8 Å². The van der Waals surface area contributed by atoms with E-state index in [1.165, 1.54) is 7.11 Å². The zero-order valence-corrected chi connectivity index (χ0v) is 8.73. The van der Waals surface area contributed by atoms with Crippen LogP contribution in [0.4, 0.5) is 0 Å². The Morgan fingerprint density at radius 1 is 1.40 bits per heavy atom. The third-order valence-corrected chi connectivity index (χ3v) is 3.25. The van der Waals surface area contributed by atoms with E-state index in [0.717, 1.165) is 12.8 Å². The molecule has 4 nitrogen and oxygen atoms in total. The van der Waals surface area contributed by atoms with Crippen LogP contribution in [0, 0.1) is 17.8 Å². The number of carbonyl (C=O) groups is 2. The maximum Gasteiger partial charge on any atom is 0.325 e. The Kier molecular flexibility index (Phi) is 2.75. The fourth-order valence-corrected chi connectivity index (χ4v) is 2.44. The average Bonchev–Trinajstić information content (AvgIpc) is 2.86. The molecule has 15 heavy (non-hydrogen) atoms. The van der Waals surface area contributed by atoms with Gasteiger partial charge in [-0.25, -0.2) is 0 Å². The molecule has 1 saturated carbocycles. The smallest absolute Gasteiger partial charge is 0.325 e. The summed E-state index contributed by atoms with van der Waals surface area (Å²) in [6, 6.07) is 0. The van der Waals surface area contributed by atoms with E-state index in [1.807, 2.05) is 0 Å². The quantitative estimate of drug-likeness (QED) is 0.543. The van der Waals surface area contributed by atoms with Crippen molar-refractivity contribution in [2.75, 3.05) is 13.7 Å². The molecule has 0 aromatic carbocycles. The summed E-state index contributed by atoms with van der Waals surface area (Å²) in [5.74, 6) is 0.598. The van der Waals surface area contributed by atoms with Gasteiger partial charge in [-0.15, -0.1) is 0 Å². The Labute approximate surface area is 88.7 Å². The van der Waals surface area contributed by atoms with E-state index in [2.05, 4.69) is 22.2 Å². The molecule has 2 rings (SSSR count). The first-order valence-corrected chi connectivity index (χ1v) is 5.23. The van der Waals surface area contributed by atoms with E-state index in [9.17, 15) is 9.59 Å². The van der Waals surface area contributed by atoms with E-state index in [1.54, 1.807) is 0 Å². The van der Waals surface area contributed by atoms with Crippen LogP contribution in [0.25, 0.3) is 0 Å². The lowest BCUT2D eigenvalue weighted by Crippen LogP contribution is -2.36. The highest BCUT2D eigenvalue weighted by Crippen LogP contribution is 2.43. The van der Waals surface area contributed by atoms with Crippen LogP contribution in [0.3, 0.4) is 0 Å². The molecule has 0 aromatic heterocycles. The molecule has 0 spiro atoms. The van der Waals surface area contributed by atoms with Crippen molar-refractivity contribution in [3.05, 3.63) is 12.2 Å². The molecule has 3 atom stereocenters. The maximum absolute atomic E-state index is 11.7. The number of hydrogen-bond donors (Lipinski definition) is 1. The number of rotatable bonds is 3. The van der Waals surface area contributed by atoms with Crippen molar-refractivity contribution < 1.29 is 14.3 Å². The SMILES string of the molecule is COC(=O)CNC(=O)[C@@H]1C[C@H]2C=C[C@H]1C2. The third-order valence-electron chi connectivity index (χ3n) is 3.25. The van der Waals surface area contributed by atoms with Crippen LogP contribution >= 0.6 is 0 Å². The van der Waals surface area contributed by atoms with E-state index in [-0.39, 0.29) is 18.4 Å². The summed E-state index contributed by atoms with van der Waals surface area (Å²) in [4.78, 5) is 22.5. The number of allylic oxidation sites excluding steroid dienone is 2. The second kappa shape index (κ2) is 4.04. The summed E-state index contributed by atoms with van der Waals surface area (Å²) in [7, 11) is 1.31. The Morgan fingerprint density at radius 2 is 2.20 bits per heavy atom. The Hall–Kier alpha value is -1.32. The highest BCUT2D eigenvalue weighted by atomic mass is 16.5. The lowest BCUT2D eigenvalue weighted by atomic mass is 9.93. The molecule has 1 N–H and O–H groups in total. The third kappa shape index (κ3) is 2.03. The predicted octanol–water partition coefficient (Wildman–Crippen LogP) is 0.488. The minimum absolute atomic E-state index is 0.0164. The number of nitrogens with one attached hydrogen (secondary N) is 1. The molecule has 1 amide bonds. The second-order valence-electron chi connectivity index (χ2n) is 4.18. The molecular weight excluding hydrogens is 194 g/mol. The fraction of sp³-hybridized carbons (Fsp3) is 0.636. The molecule has 82 valence electrons. The van der Waals surface area contributed by atoms with Gasteiger partial charge in [-0.3, -0.25) is 9.59 Å². The highest BCUT2D eigenvalue weighted by Gasteiger charge is 2.39. The van der Waals surface area contributed by atoms with E-state index in [4.69, 9.17) is 0 Å². The van der Waals surface area contributed by atoms with Gasteiger partial charge in [-0.2, -0.15) is 0 Å². The van der Waals surface area contributed by atoms with Gasteiger partial charge in [0.25, 0.3) is 0 Å². The van der Waals surface area contributed by atoms with Crippen LogP contribution in [0.5, 0.6) is 0 Å². The fourth-order valence-electron chi connectivity index (χ4n) is 2.44. The standard InChI is InChI=1S/C11H15NO3/c1-15-10(13)6-12-11(14)9-5-7-2-3-8(9)4-7/h2-3,7-9H,4-6H2,1H3,(H,12,14)/t7-,8-,9+/m0/s1. The zero-order chi connectivity index (χ0) is 10.8. The topological polar surface area (TPSA) is 55.4 Å². The lowest BCUT2D eigenvalue weighted by Gasteiger charge is -2.16. The first-order chi connectivity index (χ1) is 7.20. The number of hydrogen-bond acceptors (Lipinski definition) is 3. The van der Waals surface area contributed by atoms with Crippen molar-refractivity contribution >= 4 is 11.9 Å². The van der Waals surface area contributed by atoms with Crippen LogP contribution in [-0.2, 0) is 14.3 Å². The Balaban J connectivity index is 1.82. The number of amides is 1. The molecule has 4 heteroatoms. The summed E-state index contributed by atoms with van der Waals surface area (Å²) >= 11 is 0. The van der Waals surface area contributed by atoms with Gasteiger partial charge in [-0.05, 0) is 24.7 Å². The number of ether oxygens (including phenoxy) is 1. The van der Waals surface area contributed by atoms with Crippen molar-refractivity contribution in [1.82, 2.24) is 5.32 Å². The molecule has 2 bridgehead atoms. The van der Waals surface area contributed by atoms with Crippen molar-refractivity contribution in [3.8, 4) is 0 Å². The molecule has 0 radical (unpaired) electrons. The van der Waals surface area contributed by atoms with E-state index >= 15 is 0 Å². The van der Waals surface area contributed by atoms with Gasteiger partial charge in [-0.1, -0.05) is 12.2 Å². The van der Waals surface area contributed by atoms with Gasteiger partial charge >= 0.3 is 5.97 Å². The largest absolute Gasteiger partial charge is 0.468 e. The minimum Gasteiger partial charge on any atom is -0.468 e. The molecule has 0 saturated heterocycles. The summed E-state index contributed by atoms with van der Waals surface area (Å²) in [5.41, 5.74) is 0. The number of fused-ring (bicyclic) bond motifs is 2. The molecule has 0 heterocycles. The lowest BCUT2D eigenvalue weighted by molar-refractivity contribution is -0.141. The molecular formula is C11H15NO3. The summed E-state index contributed by atoms with van der Waals surface area (Å²) in [6.45, 7) is -0.0209. The molecule has 0 aliphatic heterocycles.